The summed E-state index contributed by atoms with van der Waals surface area (Å²) in [4.78, 5) is 12.3. The number of carbonyl (C=O) groups excluding carboxylic acids is 1. The van der Waals surface area contributed by atoms with E-state index >= 15 is 0 Å². The van der Waals surface area contributed by atoms with Gasteiger partial charge in [0.05, 0.1) is 19.8 Å². The summed E-state index contributed by atoms with van der Waals surface area (Å²) in [5, 5.41) is 2.98. The predicted octanol–water partition coefficient (Wildman–Crippen LogP) is 1.56. The van der Waals surface area contributed by atoms with Crippen molar-refractivity contribution in [3.05, 3.63) is 23.8 Å². The van der Waals surface area contributed by atoms with Crippen molar-refractivity contribution < 1.29 is 14.3 Å². The molecule has 0 radical (unpaired) electrons. The molecule has 3 N–H and O–H groups in total. The molecule has 2 rings (SSSR count). The summed E-state index contributed by atoms with van der Waals surface area (Å²) in [5.74, 6) is 1.05. The molecule has 110 valence electrons. The minimum absolute atomic E-state index is 0.135. The summed E-state index contributed by atoms with van der Waals surface area (Å²) in [7, 11) is 3.12. The highest BCUT2D eigenvalue weighted by atomic mass is 16.5. The first-order valence-corrected chi connectivity index (χ1v) is 6.84. The Kier molecular flexibility index (Phi) is 4.49. The molecule has 1 fully saturated rings. The summed E-state index contributed by atoms with van der Waals surface area (Å²) in [6, 6.07) is 5.20. The number of hydrogen-bond donors (Lipinski definition) is 2. The molecule has 0 aliphatic heterocycles. The van der Waals surface area contributed by atoms with Crippen LogP contribution in [0.5, 0.6) is 11.5 Å². The van der Waals surface area contributed by atoms with Crippen LogP contribution in [0.15, 0.2) is 18.2 Å². The van der Waals surface area contributed by atoms with Gasteiger partial charge in [-0.15, -0.1) is 0 Å². The van der Waals surface area contributed by atoms with Gasteiger partial charge in [-0.1, -0.05) is 0 Å². The van der Waals surface area contributed by atoms with Gasteiger partial charge in [-0.25, -0.2) is 0 Å². The van der Waals surface area contributed by atoms with E-state index in [-0.39, 0.29) is 11.3 Å². The van der Waals surface area contributed by atoms with Gasteiger partial charge in [-0.2, -0.15) is 0 Å². The fourth-order valence-corrected chi connectivity index (χ4v) is 2.35. The Labute approximate surface area is 119 Å². The van der Waals surface area contributed by atoms with Crippen LogP contribution in [0.25, 0.3) is 0 Å². The predicted molar refractivity (Wildman–Crippen MR) is 77.2 cm³/mol. The number of rotatable bonds is 7. The number of benzene rings is 1. The monoisotopic (exact) mass is 278 g/mol. The second-order valence-corrected chi connectivity index (χ2v) is 5.29. The van der Waals surface area contributed by atoms with Crippen LogP contribution in [0.3, 0.4) is 0 Å². The number of nitrogens with one attached hydrogen (secondary N) is 1. The summed E-state index contributed by atoms with van der Waals surface area (Å²) in [6.07, 6.45) is 3.24. The van der Waals surface area contributed by atoms with Crippen LogP contribution in [0, 0.1) is 5.41 Å². The third-order valence-corrected chi connectivity index (χ3v) is 3.91. The van der Waals surface area contributed by atoms with Gasteiger partial charge < -0.3 is 20.5 Å². The SMILES string of the molecule is COc1ccc(OC)c(C(=O)NCC2(CCN)CC2)c1. The maximum atomic E-state index is 12.3. The largest absolute Gasteiger partial charge is 0.497 e. The number of nitrogens with two attached hydrogens (primary N) is 1. The van der Waals surface area contributed by atoms with Gasteiger partial charge in [0.2, 0.25) is 0 Å². The number of amides is 1. The van der Waals surface area contributed by atoms with E-state index in [2.05, 4.69) is 5.32 Å². The zero-order valence-electron chi connectivity index (χ0n) is 12.1. The molecule has 5 nitrogen and oxygen atoms in total. The second-order valence-electron chi connectivity index (χ2n) is 5.29. The second kappa shape index (κ2) is 6.13. The van der Waals surface area contributed by atoms with Crippen LogP contribution in [-0.4, -0.2) is 33.2 Å². The van der Waals surface area contributed by atoms with Crippen molar-refractivity contribution in [3.8, 4) is 11.5 Å². The topological polar surface area (TPSA) is 73.6 Å². The average Bonchev–Trinajstić information content (AvgIpc) is 3.24. The van der Waals surface area contributed by atoms with Crippen molar-refractivity contribution in [3.63, 3.8) is 0 Å². The van der Waals surface area contributed by atoms with Gasteiger partial charge in [0.1, 0.15) is 11.5 Å². The molecule has 0 heterocycles. The van der Waals surface area contributed by atoms with E-state index in [0.29, 0.717) is 30.2 Å². The number of carbonyl (C=O) groups is 1. The first kappa shape index (κ1) is 14.7. The van der Waals surface area contributed by atoms with Crippen LogP contribution in [0.4, 0.5) is 0 Å². The fourth-order valence-electron chi connectivity index (χ4n) is 2.35. The van der Waals surface area contributed by atoms with Crippen molar-refractivity contribution >= 4 is 5.91 Å². The lowest BCUT2D eigenvalue weighted by Gasteiger charge is -2.16. The standard InChI is InChI=1S/C15H22N2O3/c1-19-11-3-4-13(20-2)12(9-11)14(18)17-10-15(5-6-15)7-8-16/h3-4,9H,5-8,10,16H2,1-2H3,(H,17,18). The first-order valence-electron chi connectivity index (χ1n) is 6.84. The summed E-state index contributed by atoms with van der Waals surface area (Å²) in [5.41, 5.74) is 6.32. The van der Waals surface area contributed by atoms with E-state index in [0.717, 1.165) is 19.3 Å². The molecule has 1 aromatic carbocycles. The minimum Gasteiger partial charge on any atom is -0.497 e. The zero-order valence-corrected chi connectivity index (χ0v) is 12.1. The van der Waals surface area contributed by atoms with Crippen molar-refractivity contribution in [1.29, 1.82) is 0 Å². The van der Waals surface area contributed by atoms with Crippen molar-refractivity contribution in [1.82, 2.24) is 5.32 Å². The summed E-state index contributed by atoms with van der Waals surface area (Å²) < 4.78 is 10.4. The first-order chi connectivity index (χ1) is 9.64. The Morgan fingerprint density at radius 3 is 2.65 bits per heavy atom. The molecule has 1 aromatic rings. The van der Waals surface area contributed by atoms with Crippen molar-refractivity contribution in [2.75, 3.05) is 27.3 Å². The number of ether oxygens (including phenoxy) is 2. The highest BCUT2D eigenvalue weighted by Crippen LogP contribution is 2.47. The molecule has 0 atom stereocenters. The Bertz CT molecular complexity index is 484. The molecule has 0 unspecified atom stereocenters. The number of methoxy groups -OCH3 is 2. The lowest BCUT2D eigenvalue weighted by Crippen LogP contribution is -2.31. The van der Waals surface area contributed by atoms with E-state index < -0.39 is 0 Å². The molecule has 1 saturated carbocycles. The minimum atomic E-state index is -0.135. The molecule has 0 bridgehead atoms. The highest BCUT2D eigenvalue weighted by Gasteiger charge is 2.41. The Morgan fingerprint density at radius 2 is 2.10 bits per heavy atom. The van der Waals surface area contributed by atoms with Crippen LogP contribution in [-0.2, 0) is 0 Å². The third kappa shape index (κ3) is 3.22. The van der Waals surface area contributed by atoms with Gasteiger partial charge in [-0.3, -0.25) is 4.79 Å². The van der Waals surface area contributed by atoms with E-state index in [1.54, 1.807) is 32.4 Å². The van der Waals surface area contributed by atoms with Gasteiger partial charge in [-0.05, 0) is 49.4 Å². The molecular weight excluding hydrogens is 256 g/mol. The van der Waals surface area contributed by atoms with Gasteiger partial charge >= 0.3 is 0 Å². The van der Waals surface area contributed by atoms with Gasteiger partial charge in [0, 0.05) is 6.54 Å². The van der Waals surface area contributed by atoms with E-state index in [9.17, 15) is 4.79 Å². The zero-order chi connectivity index (χ0) is 14.6. The Balaban J connectivity index is 2.04. The summed E-state index contributed by atoms with van der Waals surface area (Å²) >= 11 is 0. The quantitative estimate of drug-likeness (QED) is 0.794. The lowest BCUT2D eigenvalue weighted by molar-refractivity contribution is 0.0940. The lowest BCUT2D eigenvalue weighted by atomic mass is 10.0. The molecule has 0 saturated heterocycles. The summed E-state index contributed by atoms with van der Waals surface area (Å²) in [6.45, 7) is 1.34. The molecular formula is C15H22N2O3. The van der Waals surface area contributed by atoms with Crippen molar-refractivity contribution in [2.45, 2.75) is 19.3 Å². The van der Waals surface area contributed by atoms with Crippen LogP contribution in [0.1, 0.15) is 29.6 Å². The average molecular weight is 278 g/mol. The Hall–Kier alpha value is -1.75. The maximum absolute atomic E-state index is 12.3. The Morgan fingerprint density at radius 1 is 1.35 bits per heavy atom. The molecule has 0 spiro atoms. The van der Waals surface area contributed by atoms with E-state index in [1.807, 2.05) is 0 Å². The fraction of sp³-hybridized carbons (Fsp3) is 0.533. The van der Waals surface area contributed by atoms with Crippen LogP contribution >= 0.6 is 0 Å². The van der Waals surface area contributed by atoms with E-state index in [4.69, 9.17) is 15.2 Å². The molecule has 20 heavy (non-hydrogen) atoms. The molecule has 5 heteroatoms. The highest BCUT2D eigenvalue weighted by molar-refractivity contribution is 5.97. The molecule has 1 aliphatic rings. The normalized spacial score (nSPS) is 15.6. The van der Waals surface area contributed by atoms with Crippen LogP contribution < -0.4 is 20.5 Å². The van der Waals surface area contributed by atoms with Crippen molar-refractivity contribution in [2.24, 2.45) is 11.1 Å². The van der Waals surface area contributed by atoms with Gasteiger partial charge in [0.15, 0.2) is 0 Å². The number of hydrogen-bond acceptors (Lipinski definition) is 4. The smallest absolute Gasteiger partial charge is 0.255 e. The van der Waals surface area contributed by atoms with E-state index in [1.165, 1.54) is 0 Å². The molecule has 0 aromatic heterocycles. The maximum Gasteiger partial charge on any atom is 0.255 e. The third-order valence-electron chi connectivity index (χ3n) is 3.91. The van der Waals surface area contributed by atoms with Crippen LogP contribution in [0.2, 0.25) is 0 Å². The molecule has 1 aliphatic carbocycles. The molecule has 1 amide bonds. The van der Waals surface area contributed by atoms with Gasteiger partial charge in [0.25, 0.3) is 5.91 Å².